The van der Waals surface area contributed by atoms with Crippen LogP contribution in [0.3, 0.4) is 0 Å². The number of hydrogen-bond acceptors (Lipinski definition) is 0. The van der Waals surface area contributed by atoms with Crippen molar-refractivity contribution in [2.24, 2.45) is 5.41 Å². The molecule has 3 aliphatic carbocycles. The fourth-order valence-corrected chi connectivity index (χ4v) is 1.95. The van der Waals surface area contributed by atoms with Crippen LogP contribution < -0.4 is 24.8 Å². The van der Waals surface area contributed by atoms with Gasteiger partial charge in [-0.1, -0.05) is 47.7 Å². The molecule has 0 atom stereocenters. The third-order valence-electron chi connectivity index (χ3n) is 3.24. The molecule has 153 valence electrons. The van der Waals surface area contributed by atoms with Crippen LogP contribution in [-0.2, 0) is 25.8 Å². The van der Waals surface area contributed by atoms with E-state index < -0.39 is 0 Å². The van der Waals surface area contributed by atoms with Crippen molar-refractivity contribution in [3.63, 3.8) is 0 Å². The predicted octanol–water partition coefficient (Wildman–Crippen LogP) is 0.638. The summed E-state index contributed by atoms with van der Waals surface area (Å²) in [6, 6.07) is 0. The van der Waals surface area contributed by atoms with Gasteiger partial charge in [-0.05, 0) is 5.41 Å². The molecule has 0 spiro atoms. The molecule has 4 heteroatoms. The first kappa shape index (κ1) is 34.6. The average molecular weight is 588 g/mol. The molecular formula is C23H34Cl2HfSi-5. The van der Waals surface area contributed by atoms with Crippen molar-refractivity contribution < 1.29 is 50.7 Å². The third kappa shape index (κ3) is 20.6. The van der Waals surface area contributed by atoms with Crippen LogP contribution in [-0.4, -0.2) is 9.52 Å². The van der Waals surface area contributed by atoms with Crippen LogP contribution in [0.4, 0.5) is 0 Å². The maximum Gasteiger partial charge on any atom is 0.0213 e. The van der Waals surface area contributed by atoms with E-state index >= 15 is 0 Å². The van der Waals surface area contributed by atoms with Gasteiger partial charge in [-0.25, -0.2) is 34.9 Å². The normalized spacial score (nSPS) is 15.0. The summed E-state index contributed by atoms with van der Waals surface area (Å²) in [5.41, 5.74) is 4.19. The minimum Gasteiger partial charge on any atom is -1.00 e. The molecule has 0 saturated carbocycles. The van der Waals surface area contributed by atoms with Gasteiger partial charge in [0.1, 0.15) is 0 Å². The first-order valence-corrected chi connectivity index (χ1v) is 11.1. The van der Waals surface area contributed by atoms with Gasteiger partial charge in [0.25, 0.3) is 0 Å². The largest absolute Gasteiger partial charge is 1.00 e. The summed E-state index contributed by atoms with van der Waals surface area (Å²) in [6.45, 7) is 15.2. The van der Waals surface area contributed by atoms with Crippen molar-refractivity contribution in [1.82, 2.24) is 0 Å². The Kier molecular flexibility index (Phi) is 26.7. The SMILES string of the molecule is CC(C)(C)C1=[C-]CC=C1.CC1=[C-]CC=C1.CC1=[C-]CC=C1.C[SiH]C.[Cl-].[Cl-].[Hf]. The molecular weight excluding hydrogens is 554 g/mol. The van der Waals surface area contributed by atoms with E-state index in [9.17, 15) is 0 Å². The molecule has 0 N–H and O–H groups in total. The summed E-state index contributed by atoms with van der Waals surface area (Å²) < 4.78 is 0. The molecule has 0 fully saturated rings. The number of rotatable bonds is 0. The first-order valence-electron chi connectivity index (χ1n) is 8.81. The zero-order chi connectivity index (χ0) is 18.4. The second-order valence-electron chi connectivity index (χ2n) is 6.96. The van der Waals surface area contributed by atoms with Gasteiger partial charge in [-0.2, -0.15) is 18.2 Å². The Balaban J connectivity index is -0.000000133. The quantitative estimate of drug-likeness (QED) is 0.288. The van der Waals surface area contributed by atoms with E-state index in [4.69, 9.17) is 0 Å². The van der Waals surface area contributed by atoms with Crippen molar-refractivity contribution >= 4 is 9.52 Å². The Morgan fingerprint density at radius 3 is 1.19 bits per heavy atom. The molecule has 0 nitrogen and oxygen atoms in total. The fourth-order valence-electron chi connectivity index (χ4n) is 1.95. The topological polar surface area (TPSA) is 0 Å². The number of hydrogen-bond donors (Lipinski definition) is 0. The summed E-state index contributed by atoms with van der Waals surface area (Å²) in [6.07, 6.45) is 25.3. The molecule has 0 saturated heterocycles. The minimum atomic E-state index is 0. The Hall–Kier alpha value is 0.107. The summed E-state index contributed by atoms with van der Waals surface area (Å²) in [5.74, 6) is 0. The van der Waals surface area contributed by atoms with E-state index in [2.05, 4.69) is 102 Å². The van der Waals surface area contributed by atoms with E-state index in [1.165, 1.54) is 16.7 Å². The van der Waals surface area contributed by atoms with Crippen LogP contribution in [0.5, 0.6) is 0 Å². The van der Waals surface area contributed by atoms with Gasteiger partial charge in [-0.15, -0.1) is 19.3 Å². The van der Waals surface area contributed by atoms with Crippen LogP contribution in [0.15, 0.2) is 53.2 Å². The van der Waals surface area contributed by atoms with Gasteiger partial charge in [-0.3, -0.25) is 18.2 Å². The summed E-state index contributed by atoms with van der Waals surface area (Å²) in [7, 11) is 0.750. The van der Waals surface area contributed by atoms with E-state index in [-0.39, 0.29) is 50.7 Å². The molecule has 0 aromatic carbocycles. The first-order chi connectivity index (χ1) is 11.3. The second kappa shape index (κ2) is 20.8. The molecule has 0 aliphatic heterocycles. The molecule has 0 aromatic rings. The maximum atomic E-state index is 3.30. The van der Waals surface area contributed by atoms with Gasteiger partial charge in [0, 0.05) is 35.4 Å². The zero-order valence-electron chi connectivity index (χ0n) is 17.9. The van der Waals surface area contributed by atoms with Gasteiger partial charge >= 0.3 is 0 Å². The molecule has 27 heavy (non-hydrogen) atoms. The van der Waals surface area contributed by atoms with Gasteiger partial charge < -0.3 is 24.8 Å². The third-order valence-corrected chi connectivity index (χ3v) is 3.24. The molecule has 0 bridgehead atoms. The number of allylic oxidation sites excluding steroid dienone is 12. The van der Waals surface area contributed by atoms with Crippen LogP contribution in [0.1, 0.15) is 53.9 Å². The Labute approximate surface area is 202 Å². The van der Waals surface area contributed by atoms with Crippen LogP contribution in [0.25, 0.3) is 0 Å². The van der Waals surface area contributed by atoms with Gasteiger partial charge in [0.15, 0.2) is 0 Å². The van der Waals surface area contributed by atoms with Crippen molar-refractivity contribution in [2.45, 2.75) is 67.0 Å². The van der Waals surface area contributed by atoms with Crippen molar-refractivity contribution in [1.29, 1.82) is 0 Å². The second-order valence-corrected chi connectivity index (χ2v) is 8.11. The summed E-state index contributed by atoms with van der Waals surface area (Å²) in [5, 5.41) is 0. The molecule has 0 amide bonds. The summed E-state index contributed by atoms with van der Waals surface area (Å²) in [4.78, 5) is 0. The van der Waals surface area contributed by atoms with Crippen molar-refractivity contribution in [3.8, 4) is 0 Å². The van der Waals surface area contributed by atoms with E-state index in [1.807, 2.05) is 0 Å². The Morgan fingerprint density at radius 1 is 0.741 bits per heavy atom. The van der Waals surface area contributed by atoms with Crippen molar-refractivity contribution in [3.05, 3.63) is 71.4 Å². The molecule has 3 rings (SSSR count). The molecule has 0 unspecified atom stereocenters. The van der Waals surface area contributed by atoms with Crippen LogP contribution >= 0.6 is 0 Å². The smallest absolute Gasteiger partial charge is 0.0213 e. The van der Waals surface area contributed by atoms with Gasteiger partial charge in [0.05, 0.1) is 0 Å². The monoisotopic (exact) mass is 588 g/mol. The van der Waals surface area contributed by atoms with Crippen LogP contribution in [0, 0.1) is 23.6 Å². The summed E-state index contributed by atoms with van der Waals surface area (Å²) >= 11 is 0. The Morgan fingerprint density at radius 2 is 1.07 bits per heavy atom. The Bertz CT molecular complexity index is 500. The fraction of sp³-hybridized carbons (Fsp3) is 0.478. The molecule has 0 heterocycles. The minimum absolute atomic E-state index is 0. The van der Waals surface area contributed by atoms with Crippen LogP contribution in [0.2, 0.25) is 13.1 Å². The van der Waals surface area contributed by atoms with E-state index in [0.29, 0.717) is 5.41 Å². The molecule has 0 aromatic heterocycles. The standard InChI is InChI=1S/C9H13.2C6H7.C2H7Si.2ClH.Hf/c1-9(2,3)8-6-4-5-7-8;2*1-6-4-2-3-5-6;1-3-2;;;/h4,6H,5H2,1-3H3;2*2,4H,3H2,1H3;3H,1-2H3;2*1H;/q3*-1;;;;/p-2. The molecule has 3 aliphatic rings. The number of halogens is 2. The van der Waals surface area contributed by atoms with Gasteiger partial charge in [0.2, 0.25) is 0 Å². The molecule has 1 radical (unpaired) electrons. The van der Waals surface area contributed by atoms with E-state index in [1.54, 1.807) is 0 Å². The zero-order valence-corrected chi connectivity index (χ0v) is 24.2. The predicted molar refractivity (Wildman–Crippen MR) is 111 cm³/mol. The van der Waals surface area contributed by atoms with Crippen molar-refractivity contribution in [2.75, 3.05) is 0 Å². The average Bonchev–Trinajstić information content (AvgIpc) is 3.21. The van der Waals surface area contributed by atoms with E-state index in [0.717, 1.165) is 28.8 Å². The maximum absolute atomic E-state index is 3.30.